The van der Waals surface area contributed by atoms with Crippen molar-refractivity contribution in [2.75, 3.05) is 13.2 Å². The molecule has 6 heteroatoms. The summed E-state index contributed by atoms with van der Waals surface area (Å²) in [5, 5.41) is 0. The van der Waals surface area contributed by atoms with E-state index in [1.165, 1.54) is 70.6 Å². The Bertz CT molecular complexity index is 1680. The number of hydrogen-bond donors (Lipinski definition) is 0. The molecule has 0 aromatic rings. The van der Waals surface area contributed by atoms with Gasteiger partial charge in [0.1, 0.15) is 13.2 Å². The van der Waals surface area contributed by atoms with E-state index < -0.39 is 6.10 Å². The molecule has 0 radical (unpaired) electrons. The highest BCUT2D eigenvalue weighted by molar-refractivity contribution is 5.71. The molecular formula is C70H112O6. The van der Waals surface area contributed by atoms with Gasteiger partial charge in [0.05, 0.1) is 0 Å². The molecule has 0 N–H and O–H groups in total. The summed E-state index contributed by atoms with van der Waals surface area (Å²) < 4.78 is 16.8. The third kappa shape index (κ3) is 60.2. The molecule has 0 saturated heterocycles. The number of carbonyl (C=O) groups excluding carboxylic acids is 3. The second-order valence-electron chi connectivity index (χ2n) is 19.8. The van der Waals surface area contributed by atoms with Gasteiger partial charge in [0, 0.05) is 19.3 Å². The van der Waals surface area contributed by atoms with Crippen LogP contribution in [0.3, 0.4) is 0 Å². The number of ether oxygens (including phenoxy) is 3. The van der Waals surface area contributed by atoms with Crippen molar-refractivity contribution in [2.45, 2.75) is 264 Å². The van der Waals surface area contributed by atoms with Gasteiger partial charge in [-0.1, -0.05) is 244 Å². The predicted octanol–water partition coefficient (Wildman–Crippen LogP) is 21.2. The van der Waals surface area contributed by atoms with Crippen molar-refractivity contribution in [3.63, 3.8) is 0 Å². The molecule has 0 aromatic heterocycles. The topological polar surface area (TPSA) is 78.9 Å². The van der Waals surface area contributed by atoms with Crippen LogP contribution in [0.25, 0.3) is 0 Å². The van der Waals surface area contributed by atoms with E-state index in [0.717, 1.165) is 141 Å². The summed E-state index contributed by atoms with van der Waals surface area (Å²) in [4.78, 5) is 38.2. The highest BCUT2D eigenvalue weighted by atomic mass is 16.6. The highest BCUT2D eigenvalue weighted by Crippen LogP contribution is 2.14. The lowest BCUT2D eigenvalue weighted by Crippen LogP contribution is -2.30. The van der Waals surface area contributed by atoms with Crippen LogP contribution in [0.1, 0.15) is 258 Å². The van der Waals surface area contributed by atoms with Gasteiger partial charge in [-0.2, -0.15) is 0 Å². The number of carbonyl (C=O) groups is 3. The molecule has 6 nitrogen and oxygen atoms in total. The fourth-order valence-corrected chi connectivity index (χ4v) is 8.00. The first-order valence-corrected chi connectivity index (χ1v) is 30.8. The Hall–Kier alpha value is -4.71. The first-order valence-electron chi connectivity index (χ1n) is 30.8. The Balaban J connectivity index is 4.39. The lowest BCUT2D eigenvalue weighted by Gasteiger charge is -2.18. The summed E-state index contributed by atoms with van der Waals surface area (Å²) in [6.45, 7) is 6.34. The lowest BCUT2D eigenvalue weighted by atomic mass is 10.1. The number of esters is 3. The van der Waals surface area contributed by atoms with Crippen LogP contribution >= 0.6 is 0 Å². The van der Waals surface area contributed by atoms with Gasteiger partial charge in [-0.25, -0.2) is 0 Å². The van der Waals surface area contributed by atoms with Crippen LogP contribution in [0.4, 0.5) is 0 Å². The average Bonchev–Trinajstić information content (AvgIpc) is 3.42. The highest BCUT2D eigenvalue weighted by Gasteiger charge is 2.19. The Morgan fingerprint density at radius 3 is 0.842 bits per heavy atom. The van der Waals surface area contributed by atoms with Gasteiger partial charge >= 0.3 is 17.9 Å². The smallest absolute Gasteiger partial charge is 0.306 e. The maximum atomic E-state index is 12.9. The second kappa shape index (κ2) is 62.8. The fraction of sp³-hybridized carbons (Fsp3) is 0.614. The van der Waals surface area contributed by atoms with Crippen molar-refractivity contribution >= 4 is 17.9 Å². The van der Waals surface area contributed by atoms with E-state index >= 15 is 0 Å². The molecule has 0 fully saturated rings. The molecule has 0 amide bonds. The van der Waals surface area contributed by atoms with E-state index in [9.17, 15) is 14.4 Å². The van der Waals surface area contributed by atoms with Crippen LogP contribution in [-0.4, -0.2) is 37.2 Å². The zero-order valence-electron chi connectivity index (χ0n) is 49.0. The SMILES string of the molecule is CC/C=C\C/C=C\C/C=C\C/C=C\C/C=C\C/C=C\C/C=C\CCCCCCCCCC(=O)OCC(COC(=O)CCCCCCC/C=C\CCCCCCC)OC(=O)CCCC/C=C\C/C=C\C/C=C\C/C=C\CC. The van der Waals surface area contributed by atoms with E-state index in [2.05, 4.69) is 167 Å². The summed E-state index contributed by atoms with van der Waals surface area (Å²) in [5.74, 6) is -0.972. The maximum Gasteiger partial charge on any atom is 0.306 e. The number of unbranched alkanes of at least 4 members (excludes halogenated alkanes) is 19. The maximum absolute atomic E-state index is 12.9. The molecule has 0 bridgehead atoms. The van der Waals surface area contributed by atoms with Crippen molar-refractivity contribution in [3.05, 3.63) is 146 Å². The summed E-state index contributed by atoms with van der Waals surface area (Å²) in [7, 11) is 0. The van der Waals surface area contributed by atoms with Crippen LogP contribution in [0.5, 0.6) is 0 Å². The molecule has 428 valence electrons. The summed E-state index contributed by atoms with van der Waals surface area (Å²) in [5.41, 5.74) is 0. The molecule has 1 atom stereocenters. The van der Waals surface area contributed by atoms with Gasteiger partial charge in [-0.3, -0.25) is 14.4 Å². The zero-order valence-corrected chi connectivity index (χ0v) is 49.0. The second-order valence-corrected chi connectivity index (χ2v) is 19.8. The Kier molecular flexibility index (Phi) is 58.9. The molecular weight excluding hydrogens is 937 g/mol. The fourth-order valence-electron chi connectivity index (χ4n) is 8.00. The van der Waals surface area contributed by atoms with Gasteiger partial charge in [0.2, 0.25) is 0 Å². The van der Waals surface area contributed by atoms with Gasteiger partial charge in [0.25, 0.3) is 0 Å². The molecule has 1 unspecified atom stereocenters. The van der Waals surface area contributed by atoms with Gasteiger partial charge < -0.3 is 14.2 Å². The largest absolute Gasteiger partial charge is 0.462 e. The summed E-state index contributed by atoms with van der Waals surface area (Å²) in [6.07, 6.45) is 89.9. The molecule has 0 saturated carbocycles. The minimum absolute atomic E-state index is 0.107. The summed E-state index contributed by atoms with van der Waals surface area (Å²) in [6, 6.07) is 0. The number of rotatable bonds is 54. The third-order valence-electron chi connectivity index (χ3n) is 12.6. The summed E-state index contributed by atoms with van der Waals surface area (Å²) >= 11 is 0. The minimum Gasteiger partial charge on any atom is -0.462 e. The van der Waals surface area contributed by atoms with Crippen LogP contribution in [-0.2, 0) is 28.6 Å². The molecule has 0 rings (SSSR count). The Labute approximate surface area is 467 Å². The Morgan fingerprint density at radius 2 is 0.513 bits per heavy atom. The van der Waals surface area contributed by atoms with E-state index in [4.69, 9.17) is 14.2 Å². The molecule has 0 aliphatic rings. The molecule has 76 heavy (non-hydrogen) atoms. The minimum atomic E-state index is -0.814. The normalized spacial score (nSPS) is 13.1. The third-order valence-corrected chi connectivity index (χ3v) is 12.6. The van der Waals surface area contributed by atoms with E-state index in [-0.39, 0.29) is 37.5 Å². The molecule has 0 spiro atoms. The number of hydrogen-bond acceptors (Lipinski definition) is 6. The standard InChI is InChI=1S/C70H112O6/c1-4-7-10-13-16-19-22-25-28-29-30-31-32-33-34-35-36-37-38-39-40-41-43-45-48-51-54-57-60-63-69(72)75-66-67(65-74-68(71)62-59-56-53-50-47-44-27-24-21-18-15-12-9-6-3)76-70(73)64-61-58-55-52-49-46-42-26-23-20-17-14-11-8-5-2/h7-8,10-11,16-17,19-20,24-28,30-31,33-34,36-37,39-40,42,49,52,67H,4-6,9,12-15,18,21-23,29,32,35,38,41,43-48,50-51,53-66H2,1-3H3/b10-7-,11-8-,19-16-,20-17-,27-24-,28-25-,31-30-,34-33-,37-36-,40-39-,42-26-,52-49-. The average molecular weight is 1050 g/mol. The van der Waals surface area contributed by atoms with Gasteiger partial charge in [-0.05, 0) is 141 Å². The zero-order chi connectivity index (χ0) is 55.0. The molecule has 0 aliphatic heterocycles. The van der Waals surface area contributed by atoms with Crippen LogP contribution < -0.4 is 0 Å². The van der Waals surface area contributed by atoms with E-state index in [0.29, 0.717) is 19.3 Å². The van der Waals surface area contributed by atoms with Crippen LogP contribution in [0, 0.1) is 0 Å². The van der Waals surface area contributed by atoms with Crippen molar-refractivity contribution < 1.29 is 28.6 Å². The molecule has 0 aromatic carbocycles. The van der Waals surface area contributed by atoms with E-state index in [1.807, 2.05) is 0 Å². The van der Waals surface area contributed by atoms with Gasteiger partial charge in [-0.15, -0.1) is 0 Å². The van der Waals surface area contributed by atoms with Crippen molar-refractivity contribution in [1.29, 1.82) is 0 Å². The van der Waals surface area contributed by atoms with E-state index in [1.54, 1.807) is 0 Å². The quantitative estimate of drug-likeness (QED) is 0.0261. The molecule has 0 aliphatic carbocycles. The first kappa shape index (κ1) is 71.3. The lowest BCUT2D eigenvalue weighted by molar-refractivity contribution is -0.167. The van der Waals surface area contributed by atoms with Crippen molar-refractivity contribution in [2.24, 2.45) is 0 Å². The van der Waals surface area contributed by atoms with Crippen molar-refractivity contribution in [1.82, 2.24) is 0 Å². The molecule has 0 heterocycles. The van der Waals surface area contributed by atoms with Gasteiger partial charge in [0.15, 0.2) is 6.10 Å². The number of allylic oxidation sites excluding steroid dienone is 24. The van der Waals surface area contributed by atoms with Crippen LogP contribution in [0.15, 0.2) is 146 Å². The predicted molar refractivity (Wildman–Crippen MR) is 329 cm³/mol. The first-order chi connectivity index (χ1) is 37.5. The Morgan fingerprint density at radius 1 is 0.276 bits per heavy atom. The monoisotopic (exact) mass is 1050 g/mol. The van der Waals surface area contributed by atoms with Crippen LogP contribution in [0.2, 0.25) is 0 Å². The van der Waals surface area contributed by atoms with Crippen molar-refractivity contribution in [3.8, 4) is 0 Å².